The van der Waals surface area contributed by atoms with E-state index in [2.05, 4.69) is 22.1 Å². The van der Waals surface area contributed by atoms with Crippen LogP contribution >= 0.6 is 21.6 Å². The molecule has 30 heavy (non-hydrogen) atoms. The maximum Gasteiger partial charge on any atom is 0.135 e. The molecule has 0 fully saturated rings. The van der Waals surface area contributed by atoms with E-state index < -0.39 is 0 Å². The molecule has 146 valence electrons. The lowest BCUT2D eigenvalue weighted by Gasteiger charge is -2.10. The highest BCUT2D eigenvalue weighted by Gasteiger charge is 2.19. The first-order chi connectivity index (χ1) is 14.6. The zero-order valence-electron chi connectivity index (χ0n) is 16.0. The van der Waals surface area contributed by atoms with Gasteiger partial charge in [0, 0.05) is 22.5 Å². The van der Waals surface area contributed by atoms with Gasteiger partial charge in [0.1, 0.15) is 33.7 Å². The van der Waals surface area contributed by atoms with Crippen molar-refractivity contribution < 1.29 is 8.83 Å². The number of aromatic nitrogens is 2. The Morgan fingerprint density at radius 1 is 0.767 bits per heavy atom. The largest absolute Gasteiger partial charge is 0.464 e. The number of pyridine rings is 2. The van der Waals surface area contributed by atoms with Crippen LogP contribution in [0.5, 0.6) is 0 Å². The van der Waals surface area contributed by atoms with Crippen molar-refractivity contribution in [3.05, 3.63) is 71.4 Å². The Morgan fingerprint density at radius 2 is 1.20 bits per heavy atom. The fourth-order valence-electron chi connectivity index (χ4n) is 2.96. The Morgan fingerprint density at radius 3 is 1.53 bits per heavy atom. The minimum atomic E-state index is 0.422. The molecule has 0 aliphatic heterocycles. The fourth-order valence-corrected chi connectivity index (χ4v) is 5.15. The average molecular weight is 431 g/mol. The number of rotatable bonds is 5. The van der Waals surface area contributed by atoms with Crippen LogP contribution in [-0.2, 0) is 0 Å². The van der Waals surface area contributed by atoms with E-state index >= 15 is 0 Å². The maximum absolute atomic E-state index is 9.77. The van der Waals surface area contributed by atoms with Gasteiger partial charge in [0.25, 0.3) is 0 Å². The van der Waals surface area contributed by atoms with E-state index in [-0.39, 0.29) is 0 Å². The van der Waals surface area contributed by atoms with E-state index in [9.17, 15) is 10.5 Å². The molecule has 0 aliphatic rings. The number of hydrogen-bond donors (Lipinski definition) is 0. The third-order valence-corrected chi connectivity index (χ3v) is 6.41. The Kier molecular flexibility index (Phi) is 5.62. The topological polar surface area (TPSA) is 99.6 Å². The molecule has 4 rings (SSSR count). The molecule has 0 amide bonds. The second-order valence-corrected chi connectivity index (χ2v) is 8.43. The SMILES string of the molecule is Cc1cc(-c2ccco2)c(C#N)c(SSc2nc(C)cc(-c3ccco3)c2C#N)n1. The van der Waals surface area contributed by atoms with Crippen molar-refractivity contribution in [2.75, 3.05) is 0 Å². The van der Waals surface area contributed by atoms with Gasteiger partial charge in [0.05, 0.1) is 23.7 Å². The molecule has 0 saturated carbocycles. The molecular weight excluding hydrogens is 416 g/mol. The molecule has 0 bridgehead atoms. The molecule has 0 aliphatic carbocycles. The van der Waals surface area contributed by atoms with Crippen molar-refractivity contribution in [2.24, 2.45) is 0 Å². The Labute approximate surface area is 181 Å². The molecule has 0 spiro atoms. The van der Waals surface area contributed by atoms with E-state index in [1.54, 1.807) is 24.7 Å². The monoisotopic (exact) mass is 430 g/mol. The van der Waals surface area contributed by atoms with Gasteiger partial charge in [-0.1, -0.05) is 0 Å². The molecular formula is C22H14N4O2S2. The van der Waals surface area contributed by atoms with Crippen molar-refractivity contribution in [1.29, 1.82) is 10.5 Å². The molecule has 6 nitrogen and oxygen atoms in total. The third-order valence-electron chi connectivity index (χ3n) is 4.23. The summed E-state index contributed by atoms with van der Waals surface area (Å²) in [6.07, 6.45) is 3.14. The normalized spacial score (nSPS) is 10.5. The summed E-state index contributed by atoms with van der Waals surface area (Å²) in [6.45, 7) is 3.73. The number of aryl methyl sites for hydroxylation is 2. The number of nitriles is 2. The predicted molar refractivity (Wildman–Crippen MR) is 114 cm³/mol. The zero-order valence-corrected chi connectivity index (χ0v) is 17.7. The molecule has 0 unspecified atom stereocenters. The van der Waals surface area contributed by atoms with E-state index in [4.69, 9.17) is 8.83 Å². The lowest BCUT2D eigenvalue weighted by Crippen LogP contribution is -1.95. The van der Waals surface area contributed by atoms with Gasteiger partial charge in [-0.3, -0.25) is 0 Å². The first kappa shape index (κ1) is 19.8. The van der Waals surface area contributed by atoms with Crippen molar-refractivity contribution in [2.45, 2.75) is 23.9 Å². The molecule has 0 N–H and O–H groups in total. The highest BCUT2D eigenvalue weighted by molar-refractivity contribution is 8.76. The van der Waals surface area contributed by atoms with Crippen molar-refractivity contribution in [1.82, 2.24) is 9.97 Å². The summed E-state index contributed by atoms with van der Waals surface area (Å²) < 4.78 is 11.0. The molecule has 0 saturated heterocycles. The summed E-state index contributed by atoms with van der Waals surface area (Å²) in [5.74, 6) is 1.21. The van der Waals surface area contributed by atoms with E-state index in [1.165, 1.54) is 21.6 Å². The first-order valence-electron chi connectivity index (χ1n) is 8.86. The number of furan rings is 2. The summed E-state index contributed by atoms with van der Waals surface area (Å²) in [5.41, 5.74) is 3.74. The predicted octanol–water partition coefficient (Wildman–Crippen LogP) is 6.16. The van der Waals surface area contributed by atoms with Crippen LogP contribution in [0.2, 0.25) is 0 Å². The summed E-state index contributed by atoms with van der Waals surface area (Å²) in [5, 5.41) is 20.6. The van der Waals surface area contributed by atoms with Crippen LogP contribution in [0.25, 0.3) is 22.6 Å². The summed E-state index contributed by atoms with van der Waals surface area (Å²) in [7, 11) is 2.58. The van der Waals surface area contributed by atoms with E-state index in [0.29, 0.717) is 43.8 Å². The Hall–Kier alpha value is -3.46. The second-order valence-electron chi connectivity index (χ2n) is 6.33. The van der Waals surface area contributed by atoms with Gasteiger partial charge in [0.15, 0.2) is 0 Å². The molecule has 0 radical (unpaired) electrons. The van der Waals surface area contributed by atoms with E-state index in [1.807, 2.05) is 38.1 Å². The number of nitrogens with zero attached hydrogens (tertiary/aromatic N) is 4. The van der Waals surface area contributed by atoms with Crippen molar-refractivity contribution in [3.63, 3.8) is 0 Å². The van der Waals surface area contributed by atoms with Gasteiger partial charge in [-0.2, -0.15) is 10.5 Å². The highest BCUT2D eigenvalue weighted by atomic mass is 33.1. The summed E-state index contributed by atoms with van der Waals surface area (Å²) >= 11 is 0. The molecule has 0 aromatic carbocycles. The fraction of sp³-hybridized carbons (Fsp3) is 0.0909. The molecule has 4 aromatic heterocycles. The van der Waals surface area contributed by atoms with Gasteiger partial charge in [0.2, 0.25) is 0 Å². The first-order valence-corrected chi connectivity index (χ1v) is 11.0. The van der Waals surface area contributed by atoms with Gasteiger partial charge in [-0.05, 0) is 71.8 Å². The van der Waals surface area contributed by atoms with Crippen LogP contribution in [0.15, 0.2) is 67.8 Å². The lowest BCUT2D eigenvalue weighted by atomic mass is 10.1. The highest BCUT2D eigenvalue weighted by Crippen LogP contribution is 2.42. The second kappa shape index (κ2) is 8.50. The van der Waals surface area contributed by atoms with Gasteiger partial charge in [-0.15, -0.1) is 0 Å². The number of hydrogen-bond acceptors (Lipinski definition) is 8. The summed E-state index contributed by atoms with van der Waals surface area (Å²) in [6, 6.07) is 15.3. The molecule has 4 aromatic rings. The van der Waals surface area contributed by atoms with Crippen LogP contribution in [0, 0.1) is 36.5 Å². The zero-order chi connectivity index (χ0) is 21.1. The van der Waals surface area contributed by atoms with Crippen LogP contribution in [0.1, 0.15) is 22.5 Å². The van der Waals surface area contributed by atoms with Gasteiger partial charge < -0.3 is 8.83 Å². The minimum absolute atomic E-state index is 0.422. The van der Waals surface area contributed by atoms with Crippen molar-refractivity contribution >= 4 is 21.6 Å². The van der Waals surface area contributed by atoms with Crippen LogP contribution in [0.4, 0.5) is 0 Å². The maximum atomic E-state index is 9.77. The lowest BCUT2D eigenvalue weighted by molar-refractivity contribution is 0.581. The van der Waals surface area contributed by atoms with E-state index in [0.717, 1.165) is 11.4 Å². The Balaban J connectivity index is 1.73. The summed E-state index contributed by atoms with van der Waals surface area (Å²) in [4.78, 5) is 9.06. The Bertz CT molecular complexity index is 1180. The molecule has 0 atom stereocenters. The molecule has 4 heterocycles. The van der Waals surface area contributed by atoms with Crippen LogP contribution in [-0.4, -0.2) is 9.97 Å². The van der Waals surface area contributed by atoms with Gasteiger partial charge in [-0.25, -0.2) is 9.97 Å². The third kappa shape index (κ3) is 3.84. The van der Waals surface area contributed by atoms with Crippen LogP contribution < -0.4 is 0 Å². The van der Waals surface area contributed by atoms with Gasteiger partial charge >= 0.3 is 0 Å². The van der Waals surface area contributed by atoms with Crippen molar-refractivity contribution in [3.8, 4) is 34.8 Å². The molecule has 8 heteroatoms. The quantitative estimate of drug-likeness (QED) is 0.347. The minimum Gasteiger partial charge on any atom is -0.464 e. The van der Waals surface area contributed by atoms with Crippen LogP contribution in [0.3, 0.4) is 0 Å². The average Bonchev–Trinajstić information content (AvgIpc) is 3.45. The smallest absolute Gasteiger partial charge is 0.135 e. The standard InChI is InChI=1S/C22H14N4O2S2/c1-13-9-15(19-5-3-7-27-19)17(11-23)21(25-13)29-30-22-18(12-24)16(10-14(2)26-22)20-6-4-8-28-20/h3-10H,1-2H3.